The molecule has 1 aliphatic heterocycles. The number of hydrogen-bond donors (Lipinski definition) is 1. The Hall–Kier alpha value is -1.38. The van der Waals surface area contributed by atoms with Crippen LogP contribution in [0, 0.1) is 0 Å². The molecular formula is C11H18B2FN3O4. The molecule has 2 rings (SSSR count). The normalized spacial score (nSPS) is 29.7. The van der Waals surface area contributed by atoms with Crippen molar-refractivity contribution in [3.05, 3.63) is 22.7 Å². The summed E-state index contributed by atoms with van der Waals surface area (Å²) in [6, 6.07) is 1.41. The fourth-order valence-electron chi connectivity index (χ4n) is 2.40. The van der Waals surface area contributed by atoms with Crippen molar-refractivity contribution >= 4 is 21.5 Å². The Balaban J connectivity index is 2.37. The van der Waals surface area contributed by atoms with Gasteiger partial charge in [0.15, 0.2) is 12.4 Å². The first-order valence-corrected chi connectivity index (χ1v) is 6.54. The van der Waals surface area contributed by atoms with Crippen LogP contribution in [0.5, 0.6) is 0 Å². The van der Waals surface area contributed by atoms with Crippen LogP contribution in [0.25, 0.3) is 0 Å². The standard InChI is InChI=1S/C11H18B2FN3O4/c1-19-7-6(14)9(21-8(7)11(12,13)20-2)17-4-3-5(15)16-10(17)18/h3-4,6-9H,12-13H2,1-2H3,(H2,15,16,18)/t6-,7+,8?,9-/m1/s1. The average Bonchev–Trinajstić information content (AvgIpc) is 2.76. The Morgan fingerprint density at radius 3 is 2.71 bits per heavy atom. The molecule has 0 bridgehead atoms. The lowest BCUT2D eigenvalue weighted by molar-refractivity contribution is -0.0912. The predicted octanol–water partition coefficient (Wildman–Crippen LogP) is -2.36. The summed E-state index contributed by atoms with van der Waals surface area (Å²) >= 11 is 0. The summed E-state index contributed by atoms with van der Waals surface area (Å²) in [5.41, 5.74) is 4.76. The number of ether oxygens (including phenoxy) is 3. The van der Waals surface area contributed by atoms with Gasteiger partial charge in [0.25, 0.3) is 0 Å². The number of anilines is 1. The molecule has 0 saturated carbocycles. The molecule has 0 amide bonds. The molecule has 0 spiro atoms. The van der Waals surface area contributed by atoms with Gasteiger partial charge in [-0.15, -0.1) is 0 Å². The van der Waals surface area contributed by atoms with Gasteiger partial charge in [-0.1, -0.05) is 0 Å². The quantitative estimate of drug-likeness (QED) is 0.626. The van der Waals surface area contributed by atoms with E-state index in [4.69, 9.17) is 19.9 Å². The number of hydrogen-bond acceptors (Lipinski definition) is 6. The van der Waals surface area contributed by atoms with Gasteiger partial charge in [0, 0.05) is 25.8 Å². The van der Waals surface area contributed by atoms with Crippen LogP contribution < -0.4 is 11.4 Å². The van der Waals surface area contributed by atoms with Gasteiger partial charge in [0.05, 0.1) is 0 Å². The van der Waals surface area contributed by atoms with Crippen molar-refractivity contribution in [2.75, 3.05) is 20.0 Å². The van der Waals surface area contributed by atoms with Gasteiger partial charge in [0.2, 0.25) is 0 Å². The monoisotopic (exact) mass is 297 g/mol. The molecule has 10 heteroatoms. The van der Waals surface area contributed by atoms with E-state index in [2.05, 4.69) is 4.98 Å². The van der Waals surface area contributed by atoms with Gasteiger partial charge in [-0.3, -0.25) is 4.57 Å². The smallest absolute Gasteiger partial charge is 0.351 e. The van der Waals surface area contributed by atoms with Gasteiger partial charge in [0.1, 0.15) is 33.7 Å². The molecule has 1 fully saturated rings. The van der Waals surface area contributed by atoms with Gasteiger partial charge in [-0.2, -0.15) is 4.98 Å². The second-order valence-corrected chi connectivity index (χ2v) is 5.44. The molecule has 114 valence electrons. The van der Waals surface area contributed by atoms with E-state index in [-0.39, 0.29) is 5.82 Å². The number of nitrogen functional groups attached to an aromatic ring is 1. The number of methoxy groups -OCH3 is 2. The van der Waals surface area contributed by atoms with E-state index in [0.717, 1.165) is 4.57 Å². The molecule has 0 radical (unpaired) electrons. The lowest BCUT2D eigenvalue weighted by Crippen LogP contribution is -2.52. The molecule has 7 nitrogen and oxygen atoms in total. The Labute approximate surface area is 123 Å². The maximum Gasteiger partial charge on any atom is 0.351 e. The Morgan fingerprint density at radius 2 is 2.19 bits per heavy atom. The number of rotatable bonds is 4. The molecule has 1 aromatic heterocycles. The van der Waals surface area contributed by atoms with Gasteiger partial charge in [-0.05, 0) is 6.07 Å². The molecular weight excluding hydrogens is 279 g/mol. The fraction of sp³-hybridized carbons (Fsp3) is 0.636. The average molecular weight is 297 g/mol. The van der Waals surface area contributed by atoms with E-state index in [1.165, 1.54) is 26.5 Å². The zero-order valence-corrected chi connectivity index (χ0v) is 12.4. The highest BCUT2D eigenvalue weighted by Crippen LogP contribution is 2.36. The molecule has 1 unspecified atom stereocenters. The fourth-order valence-corrected chi connectivity index (χ4v) is 2.40. The summed E-state index contributed by atoms with van der Waals surface area (Å²) in [6.45, 7) is 0. The zero-order chi connectivity index (χ0) is 15.8. The molecule has 2 heterocycles. The van der Waals surface area contributed by atoms with Crippen molar-refractivity contribution < 1.29 is 18.6 Å². The molecule has 4 atom stereocenters. The molecule has 2 N–H and O–H groups in total. The maximum atomic E-state index is 14.6. The first kappa shape index (κ1) is 16.0. The van der Waals surface area contributed by atoms with Crippen molar-refractivity contribution in [3.8, 4) is 0 Å². The first-order valence-electron chi connectivity index (χ1n) is 6.54. The predicted molar refractivity (Wildman–Crippen MR) is 79.3 cm³/mol. The second kappa shape index (κ2) is 5.78. The number of nitrogens with zero attached hydrogens (tertiary/aromatic N) is 2. The Kier molecular flexibility index (Phi) is 4.40. The highest BCUT2D eigenvalue weighted by atomic mass is 19.1. The van der Waals surface area contributed by atoms with E-state index in [1.54, 1.807) is 15.7 Å². The van der Waals surface area contributed by atoms with Crippen LogP contribution in [0.3, 0.4) is 0 Å². The topological polar surface area (TPSA) is 88.6 Å². The third-order valence-corrected chi connectivity index (χ3v) is 3.78. The summed E-state index contributed by atoms with van der Waals surface area (Å²) in [5, 5.41) is -0.773. The minimum atomic E-state index is -1.53. The van der Waals surface area contributed by atoms with Crippen molar-refractivity contribution in [1.82, 2.24) is 9.55 Å². The number of aromatic nitrogens is 2. The maximum absolute atomic E-state index is 14.6. The summed E-state index contributed by atoms with van der Waals surface area (Å²) in [6.07, 6.45) is -2.82. The van der Waals surface area contributed by atoms with Crippen LogP contribution in [0.1, 0.15) is 6.23 Å². The summed E-state index contributed by atoms with van der Waals surface area (Å²) < 4.78 is 31.9. The van der Waals surface area contributed by atoms with Crippen molar-refractivity contribution in [2.45, 2.75) is 30.0 Å². The molecule has 1 aromatic rings. The van der Waals surface area contributed by atoms with E-state index in [0.29, 0.717) is 0 Å². The third kappa shape index (κ3) is 2.83. The van der Waals surface area contributed by atoms with Crippen LogP contribution in [0.15, 0.2) is 17.1 Å². The molecule has 0 aromatic carbocycles. The van der Waals surface area contributed by atoms with Crippen molar-refractivity contribution in [1.29, 1.82) is 0 Å². The summed E-state index contributed by atoms with van der Waals surface area (Å²) in [4.78, 5) is 15.4. The Morgan fingerprint density at radius 1 is 1.52 bits per heavy atom. The second-order valence-electron chi connectivity index (χ2n) is 5.44. The molecule has 0 aliphatic carbocycles. The van der Waals surface area contributed by atoms with E-state index < -0.39 is 35.7 Å². The Bertz CT molecular complexity index is 571. The number of nitrogens with two attached hydrogens (primary N) is 1. The van der Waals surface area contributed by atoms with Gasteiger partial charge in [-0.25, -0.2) is 9.18 Å². The first-order chi connectivity index (χ1) is 9.81. The van der Waals surface area contributed by atoms with E-state index in [9.17, 15) is 9.18 Å². The van der Waals surface area contributed by atoms with Crippen molar-refractivity contribution in [2.24, 2.45) is 0 Å². The van der Waals surface area contributed by atoms with Crippen LogP contribution in [0.2, 0.25) is 0 Å². The summed E-state index contributed by atoms with van der Waals surface area (Å²) in [5.74, 6) is 0.0710. The van der Waals surface area contributed by atoms with Crippen LogP contribution >= 0.6 is 0 Å². The van der Waals surface area contributed by atoms with E-state index >= 15 is 0 Å². The van der Waals surface area contributed by atoms with Gasteiger partial charge < -0.3 is 19.9 Å². The zero-order valence-electron chi connectivity index (χ0n) is 12.4. The number of alkyl halides is 1. The molecule has 1 aliphatic rings. The lowest BCUT2D eigenvalue weighted by atomic mass is 9.60. The highest BCUT2D eigenvalue weighted by Gasteiger charge is 2.52. The van der Waals surface area contributed by atoms with Crippen LogP contribution in [0.4, 0.5) is 10.2 Å². The third-order valence-electron chi connectivity index (χ3n) is 3.78. The molecule has 21 heavy (non-hydrogen) atoms. The summed E-state index contributed by atoms with van der Waals surface area (Å²) in [7, 11) is 6.44. The van der Waals surface area contributed by atoms with Crippen LogP contribution in [-0.4, -0.2) is 63.2 Å². The minimum absolute atomic E-state index is 0.0710. The van der Waals surface area contributed by atoms with E-state index in [1.807, 2.05) is 0 Å². The van der Waals surface area contributed by atoms with Crippen molar-refractivity contribution in [3.63, 3.8) is 0 Å². The lowest BCUT2D eigenvalue weighted by Gasteiger charge is -2.33. The highest BCUT2D eigenvalue weighted by molar-refractivity contribution is 6.39. The largest absolute Gasteiger partial charge is 0.393 e. The minimum Gasteiger partial charge on any atom is -0.393 e. The molecule has 1 saturated heterocycles. The SMILES string of the molecule is BC(B)(OC)C1O[C@@H](n2ccc(N)nc2=O)[C@H](F)[C@@H]1OC. The van der Waals surface area contributed by atoms with Crippen LogP contribution in [-0.2, 0) is 14.2 Å². The van der Waals surface area contributed by atoms with Gasteiger partial charge >= 0.3 is 5.69 Å². The number of halogens is 1.